The third-order valence-corrected chi connectivity index (χ3v) is 3.54. The van der Waals surface area contributed by atoms with Crippen LogP contribution in [-0.4, -0.2) is 22.4 Å². The van der Waals surface area contributed by atoms with E-state index in [4.69, 9.17) is 0 Å². The molecule has 1 fully saturated rings. The average Bonchev–Trinajstić information content (AvgIpc) is 2.26. The SMILES string of the molecule is CC(C)C[C@H](O)[C@H](O)[CH]CC1CCCCC1. The molecule has 2 heteroatoms. The van der Waals surface area contributed by atoms with Gasteiger partial charge in [-0.1, -0.05) is 46.0 Å². The molecule has 1 radical (unpaired) electrons. The van der Waals surface area contributed by atoms with Crippen LogP contribution in [0.3, 0.4) is 0 Å². The Labute approximate surface area is 100 Å². The monoisotopic (exact) mass is 227 g/mol. The summed E-state index contributed by atoms with van der Waals surface area (Å²) in [6, 6.07) is 0. The van der Waals surface area contributed by atoms with Crippen LogP contribution in [0.2, 0.25) is 0 Å². The average molecular weight is 227 g/mol. The van der Waals surface area contributed by atoms with Crippen molar-refractivity contribution in [3.8, 4) is 0 Å². The van der Waals surface area contributed by atoms with Crippen molar-refractivity contribution in [2.45, 2.75) is 71.0 Å². The van der Waals surface area contributed by atoms with Crippen molar-refractivity contribution in [3.63, 3.8) is 0 Å². The fraction of sp³-hybridized carbons (Fsp3) is 0.929. The first-order chi connectivity index (χ1) is 7.59. The molecule has 0 unspecified atom stereocenters. The second-order valence-corrected chi connectivity index (χ2v) is 5.66. The molecule has 0 bridgehead atoms. The molecule has 0 amide bonds. The highest BCUT2D eigenvalue weighted by Gasteiger charge is 2.20. The first-order valence-electron chi connectivity index (χ1n) is 6.79. The van der Waals surface area contributed by atoms with Gasteiger partial charge in [0, 0.05) is 0 Å². The highest BCUT2D eigenvalue weighted by Crippen LogP contribution is 2.28. The number of hydrogen-bond donors (Lipinski definition) is 2. The molecule has 2 nitrogen and oxygen atoms in total. The maximum atomic E-state index is 9.79. The maximum Gasteiger partial charge on any atom is 0.0831 e. The van der Waals surface area contributed by atoms with Crippen molar-refractivity contribution in [3.05, 3.63) is 6.42 Å². The normalized spacial score (nSPS) is 22.3. The highest BCUT2D eigenvalue weighted by molar-refractivity contribution is 4.85. The van der Waals surface area contributed by atoms with Crippen molar-refractivity contribution in [2.75, 3.05) is 0 Å². The van der Waals surface area contributed by atoms with Crippen LogP contribution in [0, 0.1) is 18.3 Å². The molecule has 2 atom stereocenters. The largest absolute Gasteiger partial charge is 0.390 e. The second kappa shape index (κ2) is 7.29. The lowest BCUT2D eigenvalue weighted by Gasteiger charge is -2.24. The molecule has 0 saturated heterocycles. The van der Waals surface area contributed by atoms with Crippen LogP contribution >= 0.6 is 0 Å². The van der Waals surface area contributed by atoms with Gasteiger partial charge in [-0.3, -0.25) is 0 Å². The van der Waals surface area contributed by atoms with E-state index in [1.165, 1.54) is 32.1 Å². The zero-order valence-corrected chi connectivity index (χ0v) is 10.7. The summed E-state index contributed by atoms with van der Waals surface area (Å²) < 4.78 is 0. The van der Waals surface area contributed by atoms with Gasteiger partial charge in [0.05, 0.1) is 12.2 Å². The van der Waals surface area contributed by atoms with E-state index in [2.05, 4.69) is 13.8 Å². The fourth-order valence-electron chi connectivity index (χ4n) is 2.53. The van der Waals surface area contributed by atoms with Crippen LogP contribution in [0.15, 0.2) is 0 Å². The van der Waals surface area contributed by atoms with Crippen LogP contribution in [0.4, 0.5) is 0 Å². The molecular weight excluding hydrogens is 200 g/mol. The zero-order valence-electron chi connectivity index (χ0n) is 10.7. The standard InChI is InChI=1S/C14H27O2/c1-11(2)10-14(16)13(15)9-8-12-6-4-3-5-7-12/h9,11-16H,3-8,10H2,1-2H3/t13-,14+/m1/s1. The third kappa shape index (κ3) is 5.31. The van der Waals surface area contributed by atoms with Crippen LogP contribution in [0.25, 0.3) is 0 Å². The van der Waals surface area contributed by atoms with Crippen LogP contribution in [-0.2, 0) is 0 Å². The number of rotatable bonds is 6. The Bertz CT molecular complexity index is 174. The molecule has 0 aromatic carbocycles. The van der Waals surface area contributed by atoms with Gasteiger partial charge in [-0.25, -0.2) is 0 Å². The molecule has 0 aliphatic heterocycles. The van der Waals surface area contributed by atoms with Gasteiger partial charge in [0.15, 0.2) is 0 Å². The quantitative estimate of drug-likeness (QED) is 0.732. The summed E-state index contributed by atoms with van der Waals surface area (Å²) >= 11 is 0. The van der Waals surface area contributed by atoms with Crippen molar-refractivity contribution < 1.29 is 10.2 Å². The van der Waals surface area contributed by atoms with E-state index >= 15 is 0 Å². The Kier molecular flexibility index (Phi) is 6.37. The van der Waals surface area contributed by atoms with Crippen molar-refractivity contribution in [1.29, 1.82) is 0 Å². The highest BCUT2D eigenvalue weighted by atomic mass is 16.3. The summed E-state index contributed by atoms with van der Waals surface area (Å²) in [7, 11) is 0. The Hall–Kier alpha value is -0.0800. The molecule has 0 aromatic rings. The molecule has 2 N–H and O–H groups in total. The summed E-state index contributed by atoms with van der Waals surface area (Å²) in [5.74, 6) is 1.18. The van der Waals surface area contributed by atoms with Crippen molar-refractivity contribution in [2.24, 2.45) is 11.8 Å². The van der Waals surface area contributed by atoms with Gasteiger partial charge in [0.2, 0.25) is 0 Å². The maximum absolute atomic E-state index is 9.79. The van der Waals surface area contributed by atoms with Crippen molar-refractivity contribution in [1.82, 2.24) is 0 Å². The van der Waals surface area contributed by atoms with E-state index in [-0.39, 0.29) is 0 Å². The van der Waals surface area contributed by atoms with Crippen LogP contribution < -0.4 is 0 Å². The molecule has 1 saturated carbocycles. The lowest BCUT2D eigenvalue weighted by molar-refractivity contribution is 0.0229. The minimum absolute atomic E-state index is 0.438. The zero-order chi connectivity index (χ0) is 12.0. The van der Waals surface area contributed by atoms with E-state index < -0.39 is 12.2 Å². The molecule has 0 heterocycles. The van der Waals surface area contributed by atoms with Crippen molar-refractivity contribution >= 4 is 0 Å². The lowest BCUT2D eigenvalue weighted by Crippen LogP contribution is -2.28. The van der Waals surface area contributed by atoms with E-state index in [0.29, 0.717) is 12.3 Å². The van der Waals surface area contributed by atoms with Gasteiger partial charge in [-0.05, 0) is 31.1 Å². The van der Waals surface area contributed by atoms with E-state index in [1.54, 1.807) is 0 Å². The molecule has 95 valence electrons. The van der Waals surface area contributed by atoms with E-state index in [1.807, 2.05) is 6.42 Å². The number of aliphatic hydroxyl groups is 2. The minimum atomic E-state index is -0.635. The molecule has 1 rings (SSSR count). The van der Waals surface area contributed by atoms with Gasteiger partial charge in [-0.15, -0.1) is 0 Å². The first-order valence-corrected chi connectivity index (χ1v) is 6.79. The molecule has 1 aliphatic carbocycles. The Morgan fingerprint density at radius 2 is 1.75 bits per heavy atom. The second-order valence-electron chi connectivity index (χ2n) is 5.66. The predicted molar refractivity (Wildman–Crippen MR) is 67.0 cm³/mol. The predicted octanol–water partition coefficient (Wildman–Crippen LogP) is 2.93. The molecule has 0 spiro atoms. The van der Waals surface area contributed by atoms with Crippen LogP contribution in [0.5, 0.6) is 0 Å². The van der Waals surface area contributed by atoms with Gasteiger partial charge >= 0.3 is 0 Å². The molecular formula is C14H27O2. The molecule has 16 heavy (non-hydrogen) atoms. The smallest absolute Gasteiger partial charge is 0.0831 e. The lowest BCUT2D eigenvalue weighted by atomic mass is 9.84. The van der Waals surface area contributed by atoms with Gasteiger partial charge in [0.1, 0.15) is 0 Å². The summed E-state index contributed by atoms with van der Waals surface area (Å²) in [6.07, 6.45) is 8.99. The third-order valence-electron chi connectivity index (χ3n) is 3.54. The van der Waals surface area contributed by atoms with Gasteiger partial charge in [0.25, 0.3) is 0 Å². The molecule has 1 aliphatic rings. The van der Waals surface area contributed by atoms with Gasteiger partial charge < -0.3 is 10.2 Å². The Balaban J connectivity index is 2.15. The Morgan fingerprint density at radius 1 is 1.12 bits per heavy atom. The molecule has 0 aromatic heterocycles. The Morgan fingerprint density at radius 3 is 2.31 bits per heavy atom. The minimum Gasteiger partial charge on any atom is -0.390 e. The first kappa shape index (κ1) is 14.0. The van der Waals surface area contributed by atoms with E-state index in [0.717, 1.165) is 12.3 Å². The topological polar surface area (TPSA) is 40.5 Å². The van der Waals surface area contributed by atoms with Gasteiger partial charge in [-0.2, -0.15) is 0 Å². The number of hydrogen-bond acceptors (Lipinski definition) is 2. The summed E-state index contributed by atoms with van der Waals surface area (Å²) in [5, 5.41) is 19.5. The van der Waals surface area contributed by atoms with E-state index in [9.17, 15) is 10.2 Å². The summed E-state index contributed by atoms with van der Waals surface area (Å²) in [5.41, 5.74) is 0. The summed E-state index contributed by atoms with van der Waals surface area (Å²) in [4.78, 5) is 0. The number of aliphatic hydroxyl groups excluding tert-OH is 2. The van der Waals surface area contributed by atoms with Crippen LogP contribution in [0.1, 0.15) is 58.8 Å². The summed E-state index contributed by atoms with van der Waals surface area (Å²) in [6.45, 7) is 4.13. The fourth-order valence-corrected chi connectivity index (χ4v) is 2.53.